The molecule has 2 rings (SSSR count). The Bertz CT molecular complexity index is 405. The molecular formula is C14H18ClNO. The lowest BCUT2D eigenvalue weighted by molar-refractivity contribution is -0.121. The molecule has 2 atom stereocenters. The van der Waals surface area contributed by atoms with Crippen LogP contribution in [-0.2, 0) is 11.2 Å². The maximum atomic E-state index is 11.9. The molecule has 17 heavy (non-hydrogen) atoms. The number of aryl methyl sites for hydroxylation is 1. The highest BCUT2D eigenvalue weighted by Gasteiger charge is 2.26. The van der Waals surface area contributed by atoms with Crippen LogP contribution in [0, 0.1) is 6.92 Å². The second-order valence-corrected chi connectivity index (χ2v) is 5.35. The van der Waals surface area contributed by atoms with Gasteiger partial charge in [-0.2, -0.15) is 0 Å². The van der Waals surface area contributed by atoms with Crippen molar-refractivity contribution in [3.63, 3.8) is 0 Å². The molecule has 1 aromatic carbocycles. The van der Waals surface area contributed by atoms with E-state index in [9.17, 15) is 4.79 Å². The van der Waals surface area contributed by atoms with Gasteiger partial charge in [-0.25, -0.2) is 0 Å². The minimum Gasteiger partial charge on any atom is -0.352 e. The number of benzene rings is 1. The van der Waals surface area contributed by atoms with Gasteiger partial charge in [0.2, 0.25) is 5.91 Å². The number of amides is 1. The van der Waals surface area contributed by atoms with Gasteiger partial charge in [-0.3, -0.25) is 4.79 Å². The summed E-state index contributed by atoms with van der Waals surface area (Å²) in [5.74, 6) is 0.0770. The van der Waals surface area contributed by atoms with Gasteiger partial charge in [-0.05, 0) is 31.7 Å². The molecule has 1 fully saturated rings. The van der Waals surface area contributed by atoms with Gasteiger partial charge in [0.25, 0.3) is 0 Å². The van der Waals surface area contributed by atoms with Crippen molar-refractivity contribution in [3.05, 3.63) is 35.4 Å². The molecule has 1 aliphatic rings. The summed E-state index contributed by atoms with van der Waals surface area (Å²) in [6.07, 6.45) is 3.58. The van der Waals surface area contributed by atoms with Gasteiger partial charge in [0.1, 0.15) is 0 Å². The Labute approximate surface area is 107 Å². The smallest absolute Gasteiger partial charge is 0.224 e. The zero-order valence-electron chi connectivity index (χ0n) is 10.1. The fraction of sp³-hybridized carbons (Fsp3) is 0.500. The van der Waals surface area contributed by atoms with Crippen LogP contribution in [0.25, 0.3) is 0 Å². The SMILES string of the molecule is Cc1cccc(CC(=O)NC2CCCC2Cl)c1. The highest BCUT2D eigenvalue weighted by Crippen LogP contribution is 2.23. The summed E-state index contributed by atoms with van der Waals surface area (Å²) in [4.78, 5) is 11.9. The first-order valence-electron chi connectivity index (χ1n) is 6.14. The summed E-state index contributed by atoms with van der Waals surface area (Å²) in [6.45, 7) is 2.03. The maximum absolute atomic E-state index is 11.9. The number of halogens is 1. The van der Waals surface area contributed by atoms with E-state index in [0.29, 0.717) is 6.42 Å². The molecule has 0 heterocycles. The molecule has 1 aliphatic carbocycles. The minimum atomic E-state index is 0.0770. The summed E-state index contributed by atoms with van der Waals surface area (Å²) >= 11 is 6.14. The van der Waals surface area contributed by atoms with Crippen LogP contribution >= 0.6 is 11.6 Å². The number of hydrogen-bond acceptors (Lipinski definition) is 1. The van der Waals surface area contributed by atoms with Crippen LogP contribution in [0.1, 0.15) is 30.4 Å². The van der Waals surface area contributed by atoms with Crippen LogP contribution < -0.4 is 5.32 Å². The summed E-state index contributed by atoms with van der Waals surface area (Å²) in [5.41, 5.74) is 2.25. The van der Waals surface area contributed by atoms with Gasteiger partial charge < -0.3 is 5.32 Å². The van der Waals surface area contributed by atoms with Crippen molar-refractivity contribution in [1.29, 1.82) is 0 Å². The Morgan fingerprint density at radius 3 is 2.94 bits per heavy atom. The summed E-state index contributed by atoms with van der Waals surface area (Å²) in [7, 11) is 0. The number of carbonyl (C=O) groups is 1. The minimum absolute atomic E-state index is 0.0770. The average Bonchev–Trinajstić information content (AvgIpc) is 2.64. The molecule has 1 amide bonds. The Kier molecular flexibility index (Phi) is 4.06. The molecule has 1 saturated carbocycles. The van der Waals surface area contributed by atoms with E-state index in [2.05, 4.69) is 5.32 Å². The Morgan fingerprint density at radius 2 is 2.29 bits per heavy atom. The predicted molar refractivity (Wildman–Crippen MR) is 70.3 cm³/mol. The molecule has 2 unspecified atom stereocenters. The molecule has 1 N–H and O–H groups in total. The van der Waals surface area contributed by atoms with Crippen LogP contribution in [0.5, 0.6) is 0 Å². The lowest BCUT2D eigenvalue weighted by Gasteiger charge is -2.15. The van der Waals surface area contributed by atoms with Crippen molar-refractivity contribution in [2.24, 2.45) is 0 Å². The van der Waals surface area contributed by atoms with E-state index >= 15 is 0 Å². The number of carbonyl (C=O) groups excluding carboxylic acids is 1. The van der Waals surface area contributed by atoms with E-state index in [1.807, 2.05) is 31.2 Å². The second-order valence-electron chi connectivity index (χ2n) is 4.79. The number of hydrogen-bond donors (Lipinski definition) is 1. The van der Waals surface area contributed by atoms with Crippen LogP contribution in [0.3, 0.4) is 0 Å². The molecule has 1 aromatic rings. The van der Waals surface area contributed by atoms with E-state index in [4.69, 9.17) is 11.6 Å². The fourth-order valence-electron chi connectivity index (χ4n) is 2.34. The highest BCUT2D eigenvalue weighted by molar-refractivity contribution is 6.21. The Morgan fingerprint density at radius 1 is 1.47 bits per heavy atom. The van der Waals surface area contributed by atoms with Gasteiger partial charge in [0.15, 0.2) is 0 Å². The number of nitrogens with one attached hydrogen (secondary N) is 1. The normalized spacial score (nSPS) is 23.6. The Balaban J connectivity index is 1.89. The van der Waals surface area contributed by atoms with Crippen molar-refractivity contribution in [1.82, 2.24) is 5.32 Å². The van der Waals surface area contributed by atoms with Crippen molar-refractivity contribution >= 4 is 17.5 Å². The first-order valence-corrected chi connectivity index (χ1v) is 6.58. The van der Waals surface area contributed by atoms with Crippen LogP contribution in [0.4, 0.5) is 0 Å². The standard InChI is InChI=1S/C14H18ClNO/c1-10-4-2-5-11(8-10)9-14(17)16-13-7-3-6-12(13)15/h2,4-5,8,12-13H,3,6-7,9H2,1H3,(H,16,17). The quantitative estimate of drug-likeness (QED) is 0.823. The van der Waals surface area contributed by atoms with Gasteiger partial charge in [0, 0.05) is 6.04 Å². The number of rotatable bonds is 3. The van der Waals surface area contributed by atoms with E-state index < -0.39 is 0 Å². The summed E-state index contributed by atoms with van der Waals surface area (Å²) < 4.78 is 0. The number of alkyl halides is 1. The third kappa shape index (κ3) is 3.47. The van der Waals surface area contributed by atoms with Gasteiger partial charge in [-0.1, -0.05) is 29.8 Å². The zero-order chi connectivity index (χ0) is 12.3. The third-order valence-electron chi connectivity index (χ3n) is 3.23. The van der Waals surface area contributed by atoms with Crippen LogP contribution in [-0.4, -0.2) is 17.3 Å². The monoisotopic (exact) mass is 251 g/mol. The largest absolute Gasteiger partial charge is 0.352 e. The molecule has 2 nitrogen and oxygen atoms in total. The van der Waals surface area contributed by atoms with Crippen molar-refractivity contribution in [2.45, 2.75) is 44.0 Å². The molecule has 0 saturated heterocycles. The van der Waals surface area contributed by atoms with E-state index in [1.54, 1.807) is 0 Å². The van der Waals surface area contributed by atoms with Crippen molar-refractivity contribution in [2.75, 3.05) is 0 Å². The summed E-state index contributed by atoms with van der Waals surface area (Å²) in [5, 5.41) is 3.13. The third-order valence-corrected chi connectivity index (χ3v) is 3.75. The van der Waals surface area contributed by atoms with Crippen molar-refractivity contribution in [3.8, 4) is 0 Å². The first-order chi connectivity index (χ1) is 8.15. The molecular weight excluding hydrogens is 234 g/mol. The van der Waals surface area contributed by atoms with Crippen LogP contribution in [0.15, 0.2) is 24.3 Å². The van der Waals surface area contributed by atoms with E-state index in [0.717, 1.165) is 24.8 Å². The maximum Gasteiger partial charge on any atom is 0.224 e. The lowest BCUT2D eigenvalue weighted by Crippen LogP contribution is -2.38. The van der Waals surface area contributed by atoms with E-state index in [1.165, 1.54) is 5.56 Å². The zero-order valence-corrected chi connectivity index (χ0v) is 10.8. The average molecular weight is 252 g/mol. The molecule has 0 bridgehead atoms. The molecule has 0 radical (unpaired) electrons. The van der Waals surface area contributed by atoms with Gasteiger partial charge >= 0.3 is 0 Å². The summed E-state index contributed by atoms with van der Waals surface area (Å²) in [6, 6.07) is 8.21. The molecule has 0 spiro atoms. The van der Waals surface area contributed by atoms with E-state index in [-0.39, 0.29) is 17.3 Å². The molecule has 0 aliphatic heterocycles. The molecule has 0 aromatic heterocycles. The fourth-order valence-corrected chi connectivity index (χ4v) is 2.69. The Hall–Kier alpha value is -1.02. The second kappa shape index (κ2) is 5.54. The first kappa shape index (κ1) is 12.4. The van der Waals surface area contributed by atoms with Gasteiger partial charge in [-0.15, -0.1) is 11.6 Å². The topological polar surface area (TPSA) is 29.1 Å². The van der Waals surface area contributed by atoms with Gasteiger partial charge in [0.05, 0.1) is 11.8 Å². The lowest BCUT2D eigenvalue weighted by atomic mass is 10.1. The predicted octanol–water partition coefficient (Wildman–Crippen LogP) is 2.81. The molecule has 3 heteroatoms. The van der Waals surface area contributed by atoms with Crippen molar-refractivity contribution < 1.29 is 4.79 Å². The van der Waals surface area contributed by atoms with Crippen LogP contribution in [0.2, 0.25) is 0 Å². The molecule has 92 valence electrons. The highest BCUT2D eigenvalue weighted by atomic mass is 35.5.